The van der Waals surface area contributed by atoms with Crippen LogP contribution >= 0.6 is 0 Å². The molecule has 0 radical (unpaired) electrons. The Kier molecular flexibility index (Phi) is 7.60. The molecule has 0 saturated heterocycles. The Morgan fingerprint density at radius 2 is 0.634 bits per heavy atom. The number of halogens is 8. The molecule has 4 heterocycles. The number of furan rings is 2. The molecule has 2 aliphatic heterocycles. The number of benzene rings is 9. The molecule has 0 amide bonds. The highest BCUT2D eigenvalue weighted by Gasteiger charge is 2.57. The van der Waals surface area contributed by atoms with Crippen LogP contribution in [0.2, 0.25) is 0 Å². The Morgan fingerprint density at radius 3 is 1.04 bits per heavy atom. The molecule has 4 nitrogen and oxygen atoms in total. The summed E-state index contributed by atoms with van der Waals surface area (Å²) in [6.07, 6.45) is 0. The molecular weight excluding hydrogens is 919 g/mol. The van der Waals surface area contributed by atoms with Gasteiger partial charge >= 0.3 is 0 Å². The molecule has 13 heteroatoms. The van der Waals surface area contributed by atoms with Crippen LogP contribution in [0.3, 0.4) is 0 Å². The smallest absolute Gasteiger partial charge is 0.299 e. The number of anilines is 6. The molecule has 4 aliphatic rings. The monoisotopic (exact) mass is 948 g/mol. The average molecular weight is 949 g/mol. The predicted octanol–water partition coefficient (Wildman–Crippen LogP) is 14.8. The number of hydrogen-bond acceptors (Lipinski definition) is 4. The highest BCUT2D eigenvalue weighted by Crippen LogP contribution is 2.58. The largest absolute Gasteiger partial charge is 0.456 e. The Morgan fingerprint density at radius 1 is 0.310 bits per heavy atom. The molecule has 0 unspecified atom stereocenters. The van der Waals surface area contributed by atoms with Gasteiger partial charge in [-0.25, -0.2) is 0 Å². The van der Waals surface area contributed by atoms with Crippen molar-refractivity contribution in [1.29, 1.82) is 0 Å². The standard InChI is InChI=1S/C58H29BF8N2O2/c60-55(61)32-14-3-5-16-34(32)57(64,65)38-28-46-40(26-36(38)55)59-41-27-37-39(58(66,67)35-17-6-4-15-33(35)56(37,62)63)29-47(41)69(43-19-11-25-51-53(43)31-13-2-8-23-49(31)71-51)45-21-9-20-44(54(45)59)68(46)42-18-10-24-50-52(42)30-12-1-7-22-48(30)70-50/h1-29H. The minimum atomic E-state index is -3.95. The van der Waals surface area contributed by atoms with Gasteiger partial charge in [-0.15, -0.1) is 0 Å². The summed E-state index contributed by atoms with van der Waals surface area (Å²) in [4.78, 5) is 3.50. The Hall–Kier alpha value is -8.32. The lowest BCUT2D eigenvalue weighted by Gasteiger charge is -2.46. The molecule has 0 N–H and O–H groups in total. The highest BCUT2D eigenvalue weighted by molar-refractivity contribution is 7.00. The second kappa shape index (κ2) is 13.3. The van der Waals surface area contributed by atoms with Gasteiger partial charge in [0.05, 0.1) is 22.1 Å². The highest BCUT2D eigenvalue weighted by atomic mass is 19.3. The van der Waals surface area contributed by atoms with E-state index in [1.165, 1.54) is 24.3 Å². The van der Waals surface area contributed by atoms with Crippen LogP contribution in [0.4, 0.5) is 69.2 Å². The molecule has 0 atom stereocenters. The van der Waals surface area contributed by atoms with Crippen LogP contribution in [0.5, 0.6) is 0 Å². The number of rotatable bonds is 2. The zero-order valence-corrected chi connectivity index (χ0v) is 36.6. The van der Waals surface area contributed by atoms with Crippen LogP contribution < -0.4 is 26.2 Å². The van der Waals surface area contributed by atoms with Crippen LogP contribution in [-0.2, 0) is 23.7 Å². The fraction of sp³-hybridized carbons (Fsp3) is 0.0690. The topological polar surface area (TPSA) is 32.8 Å². The van der Waals surface area contributed by atoms with Crippen molar-refractivity contribution in [1.82, 2.24) is 0 Å². The maximum atomic E-state index is 17.3. The van der Waals surface area contributed by atoms with Crippen LogP contribution in [0.25, 0.3) is 43.9 Å². The minimum absolute atomic E-state index is 0.0634. The number of alkyl halides is 8. The van der Waals surface area contributed by atoms with Crippen molar-refractivity contribution in [3.8, 4) is 0 Å². The summed E-state index contributed by atoms with van der Waals surface area (Å²) < 4.78 is 151. The molecule has 15 rings (SSSR count). The molecule has 9 aromatic carbocycles. The minimum Gasteiger partial charge on any atom is -0.456 e. The van der Waals surface area contributed by atoms with Gasteiger partial charge in [0.1, 0.15) is 22.3 Å². The van der Waals surface area contributed by atoms with Gasteiger partial charge in [0.2, 0.25) is 0 Å². The number of para-hydroxylation sites is 2. The van der Waals surface area contributed by atoms with Crippen LogP contribution in [0, 0.1) is 0 Å². The van der Waals surface area contributed by atoms with E-state index in [1.54, 1.807) is 76.5 Å². The molecule has 0 saturated carbocycles. The fourth-order valence-corrected chi connectivity index (χ4v) is 12.1. The summed E-state index contributed by atoms with van der Waals surface area (Å²) in [6, 6.07) is 44.0. The van der Waals surface area contributed by atoms with Gasteiger partial charge in [-0.2, -0.15) is 35.1 Å². The molecule has 2 aliphatic carbocycles. The maximum absolute atomic E-state index is 17.3. The van der Waals surface area contributed by atoms with Crippen molar-refractivity contribution >= 4 is 101 Å². The van der Waals surface area contributed by atoms with Gasteiger partial charge in [0, 0.05) is 78.0 Å². The summed E-state index contributed by atoms with van der Waals surface area (Å²) in [5, 5.41) is 2.58. The average Bonchev–Trinajstić information content (AvgIpc) is 3.96. The molecule has 11 aromatic rings. The van der Waals surface area contributed by atoms with Gasteiger partial charge in [-0.05, 0) is 77.1 Å². The molecule has 71 heavy (non-hydrogen) atoms. The second-order valence-corrected chi connectivity index (χ2v) is 18.6. The van der Waals surface area contributed by atoms with E-state index in [4.69, 9.17) is 8.83 Å². The van der Waals surface area contributed by atoms with Crippen LogP contribution in [0.15, 0.2) is 185 Å². The van der Waals surface area contributed by atoms with E-state index in [0.717, 1.165) is 48.5 Å². The quantitative estimate of drug-likeness (QED) is 0.128. The summed E-state index contributed by atoms with van der Waals surface area (Å²) in [5.41, 5.74) is -2.79. The molecular formula is C58H29BF8N2O2. The lowest BCUT2D eigenvalue weighted by molar-refractivity contribution is -0.0113. The Balaban J connectivity index is 1.11. The van der Waals surface area contributed by atoms with Crippen molar-refractivity contribution in [2.45, 2.75) is 23.7 Å². The third kappa shape index (κ3) is 5.00. The third-order valence-electron chi connectivity index (χ3n) is 15.1. The molecule has 342 valence electrons. The van der Waals surface area contributed by atoms with Crippen molar-refractivity contribution in [3.63, 3.8) is 0 Å². The van der Waals surface area contributed by atoms with Crippen molar-refractivity contribution in [2.75, 3.05) is 9.80 Å². The van der Waals surface area contributed by atoms with Gasteiger partial charge < -0.3 is 18.6 Å². The zero-order chi connectivity index (χ0) is 48.1. The summed E-state index contributed by atoms with van der Waals surface area (Å²) in [5.74, 6) is -15.7. The fourth-order valence-electron chi connectivity index (χ4n) is 12.1. The number of hydrogen-bond donors (Lipinski definition) is 0. The van der Waals surface area contributed by atoms with Crippen LogP contribution in [0.1, 0.15) is 44.5 Å². The van der Waals surface area contributed by atoms with E-state index in [-0.39, 0.29) is 22.3 Å². The Labute approximate surface area is 397 Å². The number of fused-ring (bicyclic) bond motifs is 14. The summed E-state index contributed by atoms with van der Waals surface area (Å²) >= 11 is 0. The third-order valence-corrected chi connectivity index (χ3v) is 15.1. The van der Waals surface area contributed by atoms with E-state index >= 15 is 35.1 Å². The van der Waals surface area contributed by atoms with Gasteiger partial charge in [0.15, 0.2) is 0 Å². The van der Waals surface area contributed by atoms with E-state index in [0.29, 0.717) is 72.1 Å². The van der Waals surface area contributed by atoms with Gasteiger partial charge in [-0.1, -0.05) is 115 Å². The van der Waals surface area contributed by atoms with Crippen molar-refractivity contribution in [2.24, 2.45) is 0 Å². The molecule has 0 spiro atoms. The first kappa shape index (κ1) is 40.6. The van der Waals surface area contributed by atoms with Gasteiger partial charge in [-0.3, -0.25) is 0 Å². The zero-order valence-electron chi connectivity index (χ0n) is 36.6. The molecule has 0 fully saturated rings. The van der Waals surface area contributed by atoms with E-state index in [1.807, 2.05) is 36.4 Å². The van der Waals surface area contributed by atoms with Crippen molar-refractivity contribution < 1.29 is 44.0 Å². The lowest BCUT2D eigenvalue weighted by atomic mass is 9.33. The van der Waals surface area contributed by atoms with Crippen LogP contribution in [-0.4, -0.2) is 6.71 Å². The first-order valence-corrected chi connectivity index (χ1v) is 22.9. The van der Waals surface area contributed by atoms with E-state index in [2.05, 4.69) is 0 Å². The lowest BCUT2D eigenvalue weighted by Crippen LogP contribution is -2.62. The normalized spacial score (nSPS) is 17.1. The van der Waals surface area contributed by atoms with Gasteiger partial charge in [0.25, 0.3) is 30.4 Å². The first-order valence-electron chi connectivity index (χ1n) is 22.9. The van der Waals surface area contributed by atoms with E-state index < -0.39 is 74.9 Å². The number of nitrogens with zero attached hydrogens (tertiary/aromatic N) is 2. The summed E-state index contributed by atoms with van der Waals surface area (Å²) in [6.45, 7) is -1.25. The first-order chi connectivity index (χ1) is 34.3. The molecule has 2 aromatic heterocycles. The van der Waals surface area contributed by atoms with Crippen molar-refractivity contribution in [3.05, 3.63) is 220 Å². The SMILES string of the molecule is FC1(F)c2ccccc2C(F)(F)c2cc3c(cc21)B1c2cc4c(cc2N(c2cccc5oc6ccccc6c25)c2cccc(c21)N3c1cccc2oc3ccccc3c12)C(F)(F)c1ccccc1C4(F)F. The summed E-state index contributed by atoms with van der Waals surface area (Å²) in [7, 11) is 0. The predicted molar refractivity (Wildman–Crippen MR) is 260 cm³/mol. The Bertz CT molecular complexity index is 3940. The maximum Gasteiger partial charge on any atom is 0.299 e. The molecule has 0 bridgehead atoms. The second-order valence-electron chi connectivity index (χ2n) is 18.6. The van der Waals surface area contributed by atoms with E-state index in [9.17, 15) is 0 Å².